The first-order valence-electron chi connectivity index (χ1n) is 5.71. The van der Waals surface area contributed by atoms with Gasteiger partial charge in [-0.05, 0) is 59.0 Å². The number of methoxy groups -OCH3 is 1. The van der Waals surface area contributed by atoms with Crippen molar-refractivity contribution in [3.63, 3.8) is 0 Å². The molecule has 0 aliphatic carbocycles. The molecule has 0 radical (unpaired) electrons. The Morgan fingerprint density at radius 1 is 1.15 bits per heavy atom. The fourth-order valence-electron chi connectivity index (χ4n) is 1.50. The number of carbonyl (C=O) groups is 2. The van der Waals surface area contributed by atoms with E-state index < -0.39 is 5.97 Å². The van der Waals surface area contributed by atoms with Crippen molar-refractivity contribution in [1.82, 2.24) is 4.98 Å². The predicted molar refractivity (Wildman–Crippen MR) is 82.7 cm³/mol. The molecule has 20 heavy (non-hydrogen) atoms. The lowest BCUT2D eigenvalue weighted by atomic mass is 10.2. The molecule has 1 aromatic heterocycles. The van der Waals surface area contributed by atoms with Gasteiger partial charge >= 0.3 is 5.97 Å². The number of hydrogen-bond donors (Lipinski definition) is 1. The number of hydrogen-bond acceptors (Lipinski definition) is 4. The molecule has 2 rings (SSSR count). The van der Waals surface area contributed by atoms with E-state index >= 15 is 0 Å². The minimum atomic E-state index is -0.484. The molecule has 5 nitrogen and oxygen atoms in total. The van der Waals surface area contributed by atoms with Crippen LogP contribution in [0.15, 0.2) is 42.6 Å². The van der Waals surface area contributed by atoms with Gasteiger partial charge in [-0.25, -0.2) is 4.79 Å². The van der Waals surface area contributed by atoms with Crippen molar-refractivity contribution >= 4 is 40.2 Å². The quantitative estimate of drug-likeness (QED) is 0.655. The van der Waals surface area contributed by atoms with Crippen molar-refractivity contribution < 1.29 is 14.3 Å². The van der Waals surface area contributed by atoms with Crippen LogP contribution in [0.25, 0.3) is 0 Å². The van der Waals surface area contributed by atoms with E-state index in [4.69, 9.17) is 0 Å². The molecule has 0 aliphatic rings. The Kier molecular flexibility index (Phi) is 4.67. The molecule has 0 atom stereocenters. The van der Waals surface area contributed by atoms with E-state index in [1.807, 2.05) is 24.3 Å². The molecule has 2 aromatic rings. The molecule has 0 unspecified atom stereocenters. The van der Waals surface area contributed by atoms with Crippen LogP contribution in [0.5, 0.6) is 0 Å². The summed E-state index contributed by atoms with van der Waals surface area (Å²) in [6.45, 7) is 0. The maximum atomic E-state index is 12.0. The summed E-state index contributed by atoms with van der Waals surface area (Å²) in [5.74, 6) is -0.815. The Bertz CT molecular complexity index is 624. The van der Waals surface area contributed by atoms with Crippen molar-refractivity contribution in [1.29, 1.82) is 0 Å². The predicted octanol–water partition coefficient (Wildman–Crippen LogP) is 2.73. The number of aromatic nitrogens is 1. The summed E-state index contributed by atoms with van der Waals surface area (Å²) in [5.41, 5.74) is 1.23. The second-order valence-corrected chi connectivity index (χ2v) is 5.13. The zero-order valence-electron chi connectivity index (χ0n) is 10.6. The number of pyridine rings is 1. The van der Waals surface area contributed by atoms with Gasteiger partial charge in [0, 0.05) is 15.5 Å². The Labute approximate surface area is 129 Å². The van der Waals surface area contributed by atoms with Crippen LogP contribution in [0.2, 0.25) is 0 Å². The van der Waals surface area contributed by atoms with E-state index in [1.54, 1.807) is 0 Å². The molecule has 102 valence electrons. The minimum Gasteiger partial charge on any atom is -0.465 e. The van der Waals surface area contributed by atoms with Gasteiger partial charge in [-0.1, -0.05) is 0 Å². The van der Waals surface area contributed by atoms with E-state index in [0.29, 0.717) is 11.3 Å². The molecule has 1 heterocycles. The first-order valence-corrected chi connectivity index (χ1v) is 6.79. The molecule has 1 N–H and O–H groups in total. The van der Waals surface area contributed by atoms with Crippen LogP contribution in [0.1, 0.15) is 20.8 Å². The monoisotopic (exact) mass is 382 g/mol. The summed E-state index contributed by atoms with van der Waals surface area (Å²) in [5, 5.41) is 2.73. The maximum absolute atomic E-state index is 12.0. The SMILES string of the molecule is COC(=O)c1ccc(C(=O)Nc2ccc(I)cc2)nc1. The number of amides is 1. The summed E-state index contributed by atoms with van der Waals surface area (Å²) in [6.07, 6.45) is 1.31. The van der Waals surface area contributed by atoms with Crippen LogP contribution in [-0.4, -0.2) is 24.0 Å². The highest BCUT2D eigenvalue weighted by Gasteiger charge is 2.10. The van der Waals surface area contributed by atoms with Crippen LogP contribution in [0, 0.1) is 3.57 Å². The highest BCUT2D eigenvalue weighted by Crippen LogP contribution is 2.12. The molecule has 0 saturated heterocycles. The number of carbonyl (C=O) groups excluding carboxylic acids is 2. The van der Waals surface area contributed by atoms with Gasteiger partial charge in [-0.15, -0.1) is 0 Å². The van der Waals surface area contributed by atoms with E-state index in [-0.39, 0.29) is 11.6 Å². The molecule has 0 saturated carbocycles. The van der Waals surface area contributed by atoms with Gasteiger partial charge in [0.05, 0.1) is 12.7 Å². The number of nitrogens with one attached hydrogen (secondary N) is 1. The Balaban J connectivity index is 2.09. The molecular formula is C14H11IN2O3. The Hall–Kier alpha value is -1.96. The van der Waals surface area contributed by atoms with Gasteiger partial charge in [0.1, 0.15) is 5.69 Å². The number of rotatable bonds is 3. The van der Waals surface area contributed by atoms with Crippen molar-refractivity contribution in [3.8, 4) is 0 Å². The van der Waals surface area contributed by atoms with Crippen LogP contribution >= 0.6 is 22.6 Å². The van der Waals surface area contributed by atoms with Gasteiger partial charge < -0.3 is 10.1 Å². The van der Waals surface area contributed by atoms with Crippen LogP contribution in [0.4, 0.5) is 5.69 Å². The first kappa shape index (κ1) is 14.4. The molecule has 1 aromatic carbocycles. The first-order chi connectivity index (χ1) is 9.60. The smallest absolute Gasteiger partial charge is 0.339 e. The van der Waals surface area contributed by atoms with Gasteiger partial charge in [-0.3, -0.25) is 9.78 Å². The van der Waals surface area contributed by atoms with Gasteiger partial charge in [0.25, 0.3) is 5.91 Å². The maximum Gasteiger partial charge on any atom is 0.339 e. The lowest BCUT2D eigenvalue weighted by Gasteiger charge is -2.05. The fraction of sp³-hybridized carbons (Fsp3) is 0.0714. The molecule has 1 amide bonds. The summed E-state index contributed by atoms with van der Waals surface area (Å²) in [6, 6.07) is 10.4. The molecule has 0 bridgehead atoms. The number of esters is 1. The van der Waals surface area contributed by atoms with Gasteiger partial charge in [0.2, 0.25) is 0 Å². The second kappa shape index (κ2) is 6.47. The van der Waals surface area contributed by atoms with E-state index in [9.17, 15) is 9.59 Å². The van der Waals surface area contributed by atoms with E-state index in [2.05, 4.69) is 37.6 Å². The zero-order valence-corrected chi connectivity index (χ0v) is 12.7. The highest BCUT2D eigenvalue weighted by atomic mass is 127. The number of halogens is 1. The van der Waals surface area contributed by atoms with Crippen LogP contribution < -0.4 is 5.32 Å². The Morgan fingerprint density at radius 3 is 2.40 bits per heavy atom. The van der Waals surface area contributed by atoms with Gasteiger partial charge in [-0.2, -0.15) is 0 Å². The minimum absolute atomic E-state index is 0.233. The third-order valence-electron chi connectivity index (χ3n) is 2.52. The van der Waals surface area contributed by atoms with Crippen molar-refractivity contribution in [2.45, 2.75) is 0 Å². The summed E-state index contributed by atoms with van der Waals surface area (Å²) in [7, 11) is 1.29. The molecule has 0 spiro atoms. The van der Waals surface area contributed by atoms with Gasteiger partial charge in [0.15, 0.2) is 0 Å². The molecule has 6 heteroatoms. The average molecular weight is 382 g/mol. The zero-order chi connectivity index (χ0) is 14.5. The number of nitrogens with zero attached hydrogens (tertiary/aromatic N) is 1. The van der Waals surface area contributed by atoms with E-state index in [0.717, 1.165) is 3.57 Å². The number of benzene rings is 1. The third-order valence-corrected chi connectivity index (χ3v) is 3.24. The molecule has 0 aliphatic heterocycles. The second-order valence-electron chi connectivity index (χ2n) is 3.88. The molecule has 0 fully saturated rings. The number of anilines is 1. The summed E-state index contributed by atoms with van der Waals surface area (Å²) < 4.78 is 5.65. The standard InChI is InChI=1S/C14H11IN2O3/c1-20-14(19)9-2-7-12(16-8-9)13(18)17-11-5-3-10(15)4-6-11/h2-8H,1H3,(H,17,18). The largest absolute Gasteiger partial charge is 0.465 e. The van der Waals surface area contributed by atoms with Crippen molar-refractivity contribution in [3.05, 3.63) is 57.4 Å². The third kappa shape index (κ3) is 3.53. The topological polar surface area (TPSA) is 68.3 Å². The lowest BCUT2D eigenvalue weighted by Crippen LogP contribution is -2.14. The summed E-state index contributed by atoms with van der Waals surface area (Å²) in [4.78, 5) is 27.2. The normalized spacial score (nSPS) is 9.90. The highest BCUT2D eigenvalue weighted by molar-refractivity contribution is 14.1. The van der Waals surface area contributed by atoms with Crippen molar-refractivity contribution in [2.24, 2.45) is 0 Å². The van der Waals surface area contributed by atoms with Crippen LogP contribution in [0.3, 0.4) is 0 Å². The Morgan fingerprint density at radius 2 is 1.85 bits per heavy atom. The van der Waals surface area contributed by atoms with E-state index in [1.165, 1.54) is 25.4 Å². The number of ether oxygens (including phenoxy) is 1. The fourth-order valence-corrected chi connectivity index (χ4v) is 1.85. The summed E-state index contributed by atoms with van der Waals surface area (Å²) >= 11 is 2.19. The average Bonchev–Trinajstić information content (AvgIpc) is 2.49. The van der Waals surface area contributed by atoms with Crippen LogP contribution in [-0.2, 0) is 4.74 Å². The molecular weight excluding hydrogens is 371 g/mol. The lowest BCUT2D eigenvalue weighted by molar-refractivity contribution is 0.0600. The van der Waals surface area contributed by atoms with Crippen molar-refractivity contribution in [2.75, 3.05) is 12.4 Å².